The van der Waals surface area contributed by atoms with Crippen molar-refractivity contribution in [1.82, 2.24) is 9.47 Å². The Hall–Kier alpha value is -2.42. The highest BCUT2D eigenvalue weighted by molar-refractivity contribution is 7.21. The van der Waals surface area contributed by atoms with Gasteiger partial charge in [-0.2, -0.15) is 0 Å². The van der Waals surface area contributed by atoms with Gasteiger partial charge in [0.25, 0.3) is 0 Å². The third-order valence-electron chi connectivity index (χ3n) is 4.93. The Labute approximate surface area is 166 Å². The third kappa shape index (κ3) is 4.19. The van der Waals surface area contributed by atoms with Gasteiger partial charge in [0.05, 0.1) is 5.39 Å². The van der Waals surface area contributed by atoms with Gasteiger partial charge in [-0.05, 0) is 52.0 Å². The number of carboxylic acid groups (broad SMARTS) is 1. The van der Waals surface area contributed by atoms with Crippen LogP contribution in [0.5, 0.6) is 11.8 Å². The van der Waals surface area contributed by atoms with Crippen molar-refractivity contribution >= 4 is 33.5 Å². The Morgan fingerprint density at radius 3 is 2.39 bits per heavy atom. The van der Waals surface area contributed by atoms with Crippen LogP contribution in [0.3, 0.4) is 0 Å². The van der Waals surface area contributed by atoms with Crippen LogP contribution in [-0.4, -0.2) is 55.5 Å². The second-order valence-corrected chi connectivity index (χ2v) is 9.21. The summed E-state index contributed by atoms with van der Waals surface area (Å²) in [5.41, 5.74) is -0.509. The molecule has 154 valence electrons. The number of rotatable bonds is 4. The molecule has 1 amide bonds. The lowest BCUT2D eigenvalue weighted by Crippen LogP contribution is -2.41. The number of thiophene rings is 1. The first-order chi connectivity index (χ1) is 13.1. The van der Waals surface area contributed by atoms with E-state index in [2.05, 4.69) is 0 Å². The normalized spacial score (nSPS) is 15.9. The Bertz CT molecular complexity index is 849. The molecule has 8 nitrogen and oxygen atoms in total. The van der Waals surface area contributed by atoms with E-state index in [0.717, 1.165) is 30.6 Å². The fourth-order valence-corrected chi connectivity index (χ4v) is 4.40. The smallest absolute Gasteiger partial charge is 0.410 e. The summed E-state index contributed by atoms with van der Waals surface area (Å²) < 4.78 is 7.21. The summed E-state index contributed by atoms with van der Waals surface area (Å²) in [6, 6.07) is 1.38. The maximum absolute atomic E-state index is 12.1. The Kier molecular flexibility index (Phi) is 5.47. The molecule has 3 rings (SSSR count). The molecule has 0 atom stereocenters. The van der Waals surface area contributed by atoms with Crippen LogP contribution in [-0.2, 0) is 11.3 Å². The molecule has 28 heavy (non-hydrogen) atoms. The molecule has 1 aliphatic heterocycles. The van der Waals surface area contributed by atoms with Crippen molar-refractivity contribution in [3.8, 4) is 11.8 Å². The summed E-state index contributed by atoms with van der Waals surface area (Å²) in [4.78, 5) is 25.0. The summed E-state index contributed by atoms with van der Waals surface area (Å²) in [6.45, 7) is 7.22. The van der Waals surface area contributed by atoms with E-state index in [0.29, 0.717) is 35.6 Å². The molecule has 2 aromatic rings. The van der Waals surface area contributed by atoms with Gasteiger partial charge in [-0.15, -0.1) is 11.3 Å². The average molecular weight is 410 g/mol. The number of likely N-dealkylation sites (tertiary alicyclic amines) is 1. The first-order valence-electron chi connectivity index (χ1n) is 9.32. The van der Waals surface area contributed by atoms with Crippen LogP contribution in [0.1, 0.15) is 49.7 Å². The molecular formula is C19H26N2O6S. The highest BCUT2D eigenvalue weighted by Gasteiger charge is 2.27. The van der Waals surface area contributed by atoms with Crippen molar-refractivity contribution in [3.05, 3.63) is 10.9 Å². The number of hydrogen-bond acceptors (Lipinski definition) is 6. The number of piperidine rings is 1. The third-order valence-corrected chi connectivity index (χ3v) is 6.04. The second kappa shape index (κ2) is 7.54. The molecule has 0 spiro atoms. The molecule has 0 bridgehead atoms. The van der Waals surface area contributed by atoms with Gasteiger partial charge < -0.3 is 25.0 Å². The number of aromatic nitrogens is 1. The van der Waals surface area contributed by atoms with E-state index in [4.69, 9.17) is 9.84 Å². The van der Waals surface area contributed by atoms with Crippen LogP contribution in [0.4, 0.5) is 4.79 Å². The Morgan fingerprint density at radius 2 is 1.86 bits per heavy atom. The fourth-order valence-electron chi connectivity index (χ4n) is 3.45. The predicted molar refractivity (Wildman–Crippen MR) is 105 cm³/mol. The molecule has 3 N–H and O–H groups in total. The lowest BCUT2D eigenvalue weighted by Gasteiger charge is -2.33. The molecule has 0 aromatic carbocycles. The summed E-state index contributed by atoms with van der Waals surface area (Å²) in [5.74, 6) is -0.922. The summed E-state index contributed by atoms with van der Waals surface area (Å²) >= 11 is 0.948. The van der Waals surface area contributed by atoms with E-state index in [1.54, 1.807) is 4.90 Å². The topological polar surface area (TPSA) is 112 Å². The molecule has 1 fully saturated rings. The largest absolute Gasteiger partial charge is 0.494 e. The number of nitrogens with zero attached hydrogens (tertiary/aromatic N) is 2. The zero-order valence-electron chi connectivity index (χ0n) is 16.3. The number of carbonyl (C=O) groups excluding carboxylic acids is 1. The Morgan fingerprint density at radius 1 is 1.21 bits per heavy atom. The van der Waals surface area contributed by atoms with E-state index in [1.165, 1.54) is 10.6 Å². The number of amides is 1. The highest BCUT2D eigenvalue weighted by Crippen LogP contribution is 2.42. The quantitative estimate of drug-likeness (QED) is 0.706. The molecule has 1 saturated heterocycles. The second-order valence-electron chi connectivity index (χ2n) is 8.16. The van der Waals surface area contributed by atoms with E-state index in [-0.39, 0.29) is 22.7 Å². The number of aromatic hydroxyl groups is 2. The molecular weight excluding hydrogens is 384 g/mol. The molecule has 2 aromatic heterocycles. The van der Waals surface area contributed by atoms with Crippen LogP contribution < -0.4 is 0 Å². The van der Waals surface area contributed by atoms with Crippen LogP contribution in [0.15, 0.2) is 6.07 Å². The van der Waals surface area contributed by atoms with Crippen molar-refractivity contribution in [3.63, 3.8) is 0 Å². The minimum atomic E-state index is -1.08. The molecule has 3 heterocycles. The molecule has 0 aliphatic carbocycles. The van der Waals surface area contributed by atoms with E-state index >= 15 is 0 Å². The van der Waals surface area contributed by atoms with Gasteiger partial charge >= 0.3 is 12.1 Å². The fraction of sp³-hybridized carbons (Fsp3) is 0.579. The summed E-state index contributed by atoms with van der Waals surface area (Å²) in [5, 5.41) is 30.1. The number of aromatic carboxylic acids is 1. The monoisotopic (exact) mass is 410 g/mol. The minimum Gasteiger partial charge on any atom is -0.494 e. The van der Waals surface area contributed by atoms with Crippen molar-refractivity contribution in [2.45, 2.75) is 52.2 Å². The van der Waals surface area contributed by atoms with Gasteiger partial charge in [0.2, 0.25) is 11.8 Å². The first-order valence-corrected chi connectivity index (χ1v) is 10.1. The van der Waals surface area contributed by atoms with Gasteiger partial charge in [0.1, 0.15) is 15.2 Å². The maximum atomic E-state index is 12.1. The van der Waals surface area contributed by atoms with Crippen LogP contribution >= 0.6 is 11.3 Å². The lowest BCUT2D eigenvalue weighted by atomic mass is 9.94. The summed E-state index contributed by atoms with van der Waals surface area (Å²) in [7, 11) is 0. The number of carboxylic acids is 1. The van der Waals surface area contributed by atoms with Crippen LogP contribution in [0.2, 0.25) is 0 Å². The van der Waals surface area contributed by atoms with Crippen molar-refractivity contribution in [2.75, 3.05) is 13.1 Å². The molecule has 9 heteroatoms. The van der Waals surface area contributed by atoms with Gasteiger partial charge in [0, 0.05) is 19.6 Å². The standard InChI is InChI=1S/C19H26N2O6S/c1-19(2,3)27-18(26)20-7-4-11(5-8-20)6-9-21-15(22)12-10-13(17(24)25)28-14(12)16(21)23/h10-11,22-23H,4-9H2,1-3H3,(H,24,25). The molecule has 0 saturated carbocycles. The maximum Gasteiger partial charge on any atom is 0.410 e. The number of fused-ring (bicyclic) bond motifs is 1. The summed E-state index contributed by atoms with van der Waals surface area (Å²) in [6.07, 6.45) is 2.12. The van der Waals surface area contributed by atoms with Crippen LogP contribution in [0.25, 0.3) is 10.1 Å². The lowest BCUT2D eigenvalue weighted by molar-refractivity contribution is 0.0179. The van der Waals surface area contributed by atoms with E-state index in [9.17, 15) is 19.8 Å². The van der Waals surface area contributed by atoms with Crippen LogP contribution in [0, 0.1) is 5.92 Å². The zero-order valence-corrected chi connectivity index (χ0v) is 17.1. The number of hydrogen-bond donors (Lipinski definition) is 3. The minimum absolute atomic E-state index is 0.0808. The first kappa shape index (κ1) is 20.3. The predicted octanol–water partition coefficient (Wildman–Crippen LogP) is 3.85. The van der Waals surface area contributed by atoms with Gasteiger partial charge in [-0.25, -0.2) is 9.59 Å². The van der Waals surface area contributed by atoms with Gasteiger partial charge in [-0.3, -0.25) is 4.57 Å². The zero-order chi connectivity index (χ0) is 20.6. The number of ether oxygens (including phenoxy) is 1. The van der Waals surface area contributed by atoms with E-state index < -0.39 is 11.6 Å². The molecule has 0 radical (unpaired) electrons. The van der Waals surface area contributed by atoms with Crippen molar-refractivity contribution < 1.29 is 29.6 Å². The van der Waals surface area contributed by atoms with Crippen molar-refractivity contribution in [2.24, 2.45) is 5.92 Å². The Balaban J connectivity index is 1.58. The molecule has 1 aliphatic rings. The number of carbonyl (C=O) groups is 2. The highest BCUT2D eigenvalue weighted by atomic mass is 32.1. The molecule has 0 unspecified atom stereocenters. The van der Waals surface area contributed by atoms with Gasteiger partial charge in [-0.1, -0.05) is 0 Å². The van der Waals surface area contributed by atoms with E-state index in [1.807, 2.05) is 20.8 Å². The van der Waals surface area contributed by atoms with Gasteiger partial charge in [0.15, 0.2) is 0 Å². The SMILES string of the molecule is CC(C)(C)OC(=O)N1CCC(CCn2c(O)c3cc(C(=O)O)sc3c2O)CC1. The average Bonchev–Trinajstić information content (AvgIpc) is 3.13. The van der Waals surface area contributed by atoms with Crippen molar-refractivity contribution in [1.29, 1.82) is 0 Å².